The molecule has 1 fully saturated rings. The van der Waals surface area contributed by atoms with Gasteiger partial charge < -0.3 is 10.8 Å². The number of carboxylic acid groups (broad SMARTS) is 1. The van der Waals surface area contributed by atoms with Crippen LogP contribution < -0.4 is 5.73 Å². The third-order valence-electron chi connectivity index (χ3n) is 3.35. The normalized spacial score (nSPS) is 23.0. The molecule has 3 N–H and O–H groups in total. The summed E-state index contributed by atoms with van der Waals surface area (Å²) in [5, 5.41) is 8.68. The second-order valence-electron chi connectivity index (χ2n) is 4.55. The highest BCUT2D eigenvalue weighted by atomic mass is 16.4. The number of aliphatic carboxylic acids is 1. The van der Waals surface area contributed by atoms with Gasteiger partial charge in [0.15, 0.2) is 0 Å². The van der Waals surface area contributed by atoms with E-state index in [-0.39, 0.29) is 18.4 Å². The minimum absolute atomic E-state index is 0.0754. The van der Waals surface area contributed by atoms with Gasteiger partial charge in [-0.15, -0.1) is 0 Å². The van der Waals surface area contributed by atoms with Crippen LogP contribution in [0, 0.1) is 11.8 Å². The summed E-state index contributed by atoms with van der Waals surface area (Å²) in [5.74, 6) is -0.0718. The molecule has 82 valence electrons. The van der Waals surface area contributed by atoms with Crippen LogP contribution in [0.15, 0.2) is 0 Å². The highest BCUT2D eigenvalue weighted by Gasteiger charge is 2.25. The summed E-state index contributed by atoms with van der Waals surface area (Å²) in [5.41, 5.74) is 6.08. The third kappa shape index (κ3) is 3.29. The van der Waals surface area contributed by atoms with Crippen molar-refractivity contribution in [3.8, 4) is 0 Å². The summed E-state index contributed by atoms with van der Waals surface area (Å²) in [6, 6.07) is 0.0754. The molecular weight excluding hydrogens is 178 g/mol. The standard InChI is InChI=1S/C11H21NO2/c1-8(7-10(13)14)11(12)9-5-3-2-4-6-9/h8-9,11H,2-7,12H2,1H3,(H,13,14). The van der Waals surface area contributed by atoms with Crippen LogP contribution in [0.25, 0.3) is 0 Å². The SMILES string of the molecule is CC(CC(=O)O)C(N)C1CCCCC1. The second-order valence-corrected chi connectivity index (χ2v) is 4.55. The molecule has 2 unspecified atom stereocenters. The van der Waals surface area contributed by atoms with E-state index in [1.165, 1.54) is 32.1 Å². The fraction of sp³-hybridized carbons (Fsp3) is 0.909. The fourth-order valence-electron chi connectivity index (χ4n) is 2.40. The van der Waals surface area contributed by atoms with Crippen molar-refractivity contribution >= 4 is 5.97 Å². The van der Waals surface area contributed by atoms with E-state index in [0.29, 0.717) is 5.92 Å². The molecule has 1 aliphatic carbocycles. The highest BCUT2D eigenvalue weighted by molar-refractivity contribution is 5.67. The van der Waals surface area contributed by atoms with E-state index >= 15 is 0 Å². The number of rotatable bonds is 4. The van der Waals surface area contributed by atoms with Crippen LogP contribution in [0.4, 0.5) is 0 Å². The summed E-state index contributed by atoms with van der Waals surface area (Å²) in [4.78, 5) is 10.5. The van der Waals surface area contributed by atoms with E-state index in [0.717, 1.165) is 0 Å². The number of carbonyl (C=O) groups is 1. The minimum Gasteiger partial charge on any atom is -0.481 e. The molecule has 0 heterocycles. The molecule has 0 amide bonds. The molecule has 0 aromatic rings. The Balaban J connectivity index is 2.37. The molecule has 0 spiro atoms. The quantitative estimate of drug-likeness (QED) is 0.728. The topological polar surface area (TPSA) is 63.3 Å². The Morgan fingerprint density at radius 1 is 1.43 bits per heavy atom. The maximum Gasteiger partial charge on any atom is 0.303 e. The highest BCUT2D eigenvalue weighted by Crippen LogP contribution is 2.29. The molecule has 1 rings (SSSR count). The molecule has 1 saturated carbocycles. The van der Waals surface area contributed by atoms with Crippen molar-refractivity contribution in [2.24, 2.45) is 17.6 Å². The monoisotopic (exact) mass is 199 g/mol. The Morgan fingerprint density at radius 3 is 2.50 bits per heavy atom. The van der Waals surface area contributed by atoms with Crippen LogP contribution in [0.1, 0.15) is 45.4 Å². The first-order valence-corrected chi connectivity index (χ1v) is 5.58. The van der Waals surface area contributed by atoms with Crippen LogP contribution in [0.2, 0.25) is 0 Å². The zero-order chi connectivity index (χ0) is 10.6. The van der Waals surface area contributed by atoms with Gasteiger partial charge in [0.1, 0.15) is 0 Å². The van der Waals surface area contributed by atoms with E-state index in [1.807, 2.05) is 6.92 Å². The van der Waals surface area contributed by atoms with Crippen LogP contribution in [-0.4, -0.2) is 17.1 Å². The number of nitrogens with two attached hydrogens (primary N) is 1. The number of carboxylic acids is 1. The van der Waals surface area contributed by atoms with Crippen molar-refractivity contribution in [2.75, 3.05) is 0 Å². The van der Waals surface area contributed by atoms with Crippen molar-refractivity contribution in [1.82, 2.24) is 0 Å². The number of hydrogen-bond acceptors (Lipinski definition) is 2. The maximum absolute atomic E-state index is 10.5. The molecule has 0 saturated heterocycles. The molecule has 3 nitrogen and oxygen atoms in total. The summed E-state index contributed by atoms with van der Waals surface area (Å²) in [6.07, 6.45) is 6.42. The van der Waals surface area contributed by atoms with Gasteiger partial charge in [0.05, 0.1) is 0 Å². The first kappa shape index (κ1) is 11.5. The summed E-state index contributed by atoms with van der Waals surface area (Å²) >= 11 is 0. The molecule has 2 atom stereocenters. The summed E-state index contributed by atoms with van der Waals surface area (Å²) in [7, 11) is 0. The molecular formula is C11H21NO2. The predicted octanol–water partition coefficient (Wildman–Crippen LogP) is 2.00. The fourth-order valence-corrected chi connectivity index (χ4v) is 2.40. The molecule has 0 aromatic carbocycles. The average molecular weight is 199 g/mol. The van der Waals surface area contributed by atoms with Crippen molar-refractivity contribution in [3.05, 3.63) is 0 Å². The van der Waals surface area contributed by atoms with Gasteiger partial charge in [0.2, 0.25) is 0 Å². The Bertz CT molecular complexity index is 188. The van der Waals surface area contributed by atoms with E-state index < -0.39 is 5.97 Å². The van der Waals surface area contributed by atoms with Crippen molar-refractivity contribution in [1.29, 1.82) is 0 Å². The van der Waals surface area contributed by atoms with E-state index in [9.17, 15) is 4.79 Å². The van der Waals surface area contributed by atoms with Crippen molar-refractivity contribution in [2.45, 2.75) is 51.5 Å². The Kier molecular flexibility index (Phi) is 4.39. The lowest BCUT2D eigenvalue weighted by Crippen LogP contribution is -2.38. The van der Waals surface area contributed by atoms with Crippen LogP contribution in [0.5, 0.6) is 0 Å². The van der Waals surface area contributed by atoms with Gasteiger partial charge in [-0.3, -0.25) is 4.79 Å². The Hall–Kier alpha value is -0.570. The Morgan fingerprint density at radius 2 is 2.00 bits per heavy atom. The van der Waals surface area contributed by atoms with Crippen molar-refractivity contribution in [3.63, 3.8) is 0 Å². The van der Waals surface area contributed by atoms with Crippen LogP contribution >= 0.6 is 0 Å². The zero-order valence-electron chi connectivity index (χ0n) is 8.91. The lowest BCUT2D eigenvalue weighted by atomic mass is 9.79. The molecule has 0 aromatic heterocycles. The largest absolute Gasteiger partial charge is 0.481 e. The minimum atomic E-state index is -0.733. The van der Waals surface area contributed by atoms with Gasteiger partial charge in [-0.2, -0.15) is 0 Å². The van der Waals surface area contributed by atoms with E-state index in [1.54, 1.807) is 0 Å². The molecule has 0 aliphatic heterocycles. The molecule has 3 heteroatoms. The zero-order valence-corrected chi connectivity index (χ0v) is 8.91. The first-order valence-electron chi connectivity index (χ1n) is 5.58. The van der Waals surface area contributed by atoms with Gasteiger partial charge in [-0.25, -0.2) is 0 Å². The van der Waals surface area contributed by atoms with Gasteiger partial charge >= 0.3 is 5.97 Å². The van der Waals surface area contributed by atoms with Crippen LogP contribution in [0.3, 0.4) is 0 Å². The van der Waals surface area contributed by atoms with Crippen molar-refractivity contribution < 1.29 is 9.90 Å². The van der Waals surface area contributed by atoms with E-state index in [4.69, 9.17) is 10.8 Å². The Labute approximate surface area is 85.7 Å². The molecule has 14 heavy (non-hydrogen) atoms. The number of hydrogen-bond donors (Lipinski definition) is 2. The third-order valence-corrected chi connectivity index (χ3v) is 3.35. The summed E-state index contributed by atoms with van der Waals surface area (Å²) < 4.78 is 0. The van der Waals surface area contributed by atoms with Gasteiger partial charge in [-0.05, 0) is 24.7 Å². The summed E-state index contributed by atoms with van der Waals surface area (Å²) in [6.45, 7) is 1.95. The first-order chi connectivity index (χ1) is 6.61. The van der Waals surface area contributed by atoms with E-state index in [2.05, 4.69) is 0 Å². The predicted molar refractivity (Wildman–Crippen MR) is 56.0 cm³/mol. The van der Waals surface area contributed by atoms with Gasteiger partial charge in [0.25, 0.3) is 0 Å². The van der Waals surface area contributed by atoms with Crippen LogP contribution in [-0.2, 0) is 4.79 Å². The molecule has 0 radical (unpaired) electrons. The second kappa shape index (κ2) is 5.35. The lowest BCUT2D eigenvalue weighted by Gasteiger charge is -2.30. The maximum atomic E-state index is 10.5. The average Bonchev–Trinajstić information content (AvgIpc) is 2.17. The smallest absolute Gasteiger partial charge is 0.303 e. The molecule has 0 bridgehead atoms. The van der Waals surface area contributed by atoms with Gasteiger partial charge in [0, 0.05) is 12.5 Å². The lowest BCUT2D eigenvalue weighted by molar-refractivity contribution is -0.138. The molecule has 1 aliphatic rings. The van der Waals surface area contributed by atoms with Gasteiger partial charge in [-0.1, -0.05) is 26.2 Å².